The lowest BCUT2D eigenvalue weighted by atomic mass is 9.81. The average Bonchev–Trinajstić information content (AvgIpc) is 3.52. The number of amides is 2. The Morgan fingerprint density at radius 2 is 1.69 bits per heavy atom. The monoisotopic (exact) mass is 476 g/mol. The molecule has 1 aliphatic heterocycles. The highest BCUT2D eigenvalue weighted by Gasteiger charge is 2.49. The number of aliphatic carboxylic acids is 1. The number of alkyl carbamates (subject to hydrolysis) is 1. The first-order valence-electron chi connectivity index (χ1n) is 12.4. The number of hydrogen-bond donors (Lipinski definition) is 2. The van der Waals surface area contributed by atoms with Crippen LogP contribution in [0.2, 0.25) is 0 Å². The van der Waals surface area contributed by atoms with Crippen LogP contribution in [-0.2, 0) is 14.3 Å². The van der Waals surface area contributed by atoms with Crippen molar-refractivity contribution < 1.29 is 24.2 Å². The Balaban J connectivity index is 1.15. The van der Waals surface area contributed by atoms with Crippen molar-refractivity contribution in [3.8, 4) is 11.1 Å². The smallest absolute Gasteiger partial charge is 0.407 e. The lowest BCUT2D eigenvalue weighted by Gasteiger charge is -2.23. The normalized spacial score (nSPS) is 27.4. The number of nitrogens with one attached hydrogen (secondary N) is 1. The number of nitrogens with zero attached hydrogens (tertiary/aromatic N) is 1. The van der Waals surface area contributed by atoms with E-state index in [0.717, 1.165) is 0 Å². The Hall–Kier alpha value is -3.35. The van der Waals surface area contributed by atoms with Gasteiger partial charge < -0.3 is 20.1 Å². The van der Waals surface area contributed by atoms with Gasteiger partial charge in [0, 0.05) is 31.0 Å². The quantitative estimate of drug-likeness (QED) is 0.672. The summed E-state index contributed by atoms with van der Waals surface area (Å²) in [6.45, 7) is 4.56. The zero-order valence-corrected chi connectivity index (χ0v) is 20.2. The standard InChI is InChI=1S/C28H32N2O5/c1-17-14-30(16-28(17,2)26(32)33)25(31)18-11-12-19(13-18)29-27(34)35-15-24-22-9-5-3-7-20(22)21-8-4-6-10-23(21)24/h3-10,17-19,24H,11-16H2,1-2H3,(H,29,34)(H,32,33)/t17-,18?,19?,28-/m0/s1. The Labute approximate surface area is 205 Å². The minimum absolute atomic E-state index is 0.00124. The van der Waals surface area contributed by atoms with Crippen LogP contribution in [0, 0.1) is 17.3 Å². The number of likely N-dealkylation sites (tertiary alicyclic amines) is 1. The van der Waals surface area contributed by atoms with Crippen molar-refractivity contribution in [1.29, 1.82) is 0 Å². The van der Waals surface area contributed by atoms with E-state index in [9.17, 15) is 19.5 Å². The zero-order valence-electron chi connectivity index (χ0n) is 20.2. The molecule has 2 aliphatic carbocycles. The van der Waals surface area contributed by atoms with Gasteiger partial charge in [0.05, 0.1) is 5.41 Å². The molecule has 0 radical (unpaired) electrons. The van der Waals surface area contributed by atoms with Gasteiger partial charge in [0.25, 0.3) is 0 Å². The van der Waals surface area contributed by atoms with E-state index in [2.05, 4.69) is 29.6 Å². The van der Waals surface area contributed by atoms with Crippen molar-refractivity contribution >= 4 is 18.0 Å². The predicted molar refractivity (Wildman–Crippen MR) is 131 cm³/mol. The van der Waals surface area contributed by atoms with Gasteiger partial charge in [0.2, 0.25) is 5.91 Å². The summed E-state index contributed by atoms with van der Waals surface area (Å²) >= 11 is 0. The second-order valence-electron chi connectivity index (χ2n) is 10.5. The number of carboxylic acids is 1. The number of carbonyl (C=O) groups is 3. The summed E-state index contributed by atoms with van der Waals surface area (Å²) < 4.78 is 5.65. The van der Waals surface area contributed by atoms with Gasteiger partial charge in [-0.2, -0.15) is 0 Å². The average molecular weight is 477 g/mol. The van der Waals surface area contributed by atoms with Crippen LogP contribution in [0.15, 0.2) is 48.5 Å². The van der Waals surface area contributed by atoms with Crippen molar-refractivity contribution in [2.24, 2.45) is 17.3 Å². The number of hydrogen-bond acceptors (Lipinski definition) is 4. The van der Waals surface area contributed by atoms with Crippen LogP contribution in [0.5, 0.6) is 0 Å². The van der Waals surface area contributed by atoms with Gasteiger partial charge >= 0.3 is 12.1 Å². The molecule has 184 valence electrons. The van der Waals surface area contributed by atoms with Crippen molar-refractivity contribution in [2.45, 2.75) is 45.1 Å². The molecule has 2 amide bonds. The van der Waals surface area contributed by atoms with Crippen LogP contribution in [0.4, 0.5) is 4.79 Å². The minimum atomic E-state index is -0.910. The van der Waals surface area contributed by atoms with Crippen LogP contribution >= 0.6 is 0 Å². The van der Waals surface area contributed by atoms with Gasteiger partial charge in [0.1, 0.15) is 6.61 Å². The van der Waals surface area contributed by atoms with E-state index in [1.165, 1.54) is 22.3 Å². The first-order valence-corrected chi connectivity index (χ1v) is 12.4. The maximum Gasteiger partial charge on any atom is 0.407 e. The van der Waals surface area contributed by atoms with Crippen molar-refractivity contribution in [2.75, 3.05) is 19.7 Å². The minimum Gasteiger partial charge on any atom is -0.481 e. The van der Waals surface area contributed by atoms with Crippen molar-refractivity contribution in [1.82, 2.24) is 10.2 Å². The highest BCUT2D eigenvalue weighted by molar-refractivity contribution is 5.83. The van der Waals surface area contributed by atoms with Gasteiger partial charge in [0.15, 0.2) is 0 Å². The van der Waals surface area contributed by atoms with Gasteiger partial charge in [-0.3, -0.25) is 9.59 Å². The van der Waals surface area contributed by atoms with Crippen LogP contribution in [0.1, 0.15) is 50.2 Å². The summed E-state index contributed by atoms with van der Waals surface area (Å²) in [5, 5.41) is 12.5. The molecule has 0 spiro atoms. The molecule has 7 heteroatoms. The molecule has 2 aromatic rings. The molecule has 0 aromatic heterocycles. The molecule has 2 N–H and O–H groups in total. The summed E-state index contributed by atoms with van der Waals surface area (Å²) in [5.41, 5.74) is 3.80. The summed E-state index contributed by atoms with van der Waals surface area (Å²) in [6.07, 6.45) is 1.48. The number of ether oxygens (including phenoxy) is 1. The Bertz CT molecular complexity index is 1120. The number of carboxylic acid groups (broad SMARTS) is 1. The van der Waals surface area contributed by atoms with Crippen LogP contribution in [-0.4, -0.2) is 53.7 Å². The number of rotatable bonds is 5. The van der Waals surface area contributed by atoms with Crippen molar-refractivity contribution in [3.63, 3.8) is 0 Å². The maximum atomic E-state index is 13.1. The Kier molecular flexibility index (Phi) is 6.03. The molecular weight excluding hydrogens is 444 g/mol. The van der Waals surface area contributed by atoms with Crippen LogP contribution in [0.25, 0.3) is 11.1 Å². The molecule has 2 fully saturated rings. The second-order valence-corrected chi connectivity index (χ2v) is 10.5. The van der Waals surface area contributed by atoms with E-state index in [-0.39, 0.29) is 42.9 Å². The topological polar surface area (TPSA) is 95.9 Å². The lowest BCUT2D eigenvalue weighted by Crippen LogP contribution is -2.39. The molecule has 1 heterocycles. The SMILES string of the molecule is C[C@H]1CN(C(=O)C2CCC(NC(=O)OCC3c4ccccc4-c4ccccc43)C2)C[C@]1(C)C(=O)O. The second kappa shape index (κ2) is 9.02. The van der Waals surface area contributed by atoms with Gasteiger partial charge in [-0.15, -0.1) is 0 Å². The van der Waals surface area contributed by atoms with E-state index in [4.69, 9.17) is 4.74 Å². The summed E-state index contributed by atoms with van der Waals surface area (Å²) in [5.74, 6) is -1.15. The molecule has 4 atom stereocenters. The lowest BCUT2D eigenvalue weighted by molar-refractivity contribution is -0.149. The molecule has 0 bridgehead atoms. The molecular formula is C28H32N2O5. The summed E-state index contributed by atoms with van der Waals surface area (Å²) in [4.78, 5) is 39.1. The van der Waals surface area contributed by atoms with E-state index >= 15 is 0 Å². The fourth-order valence-corrected chi connectivity index (χ4v) is 6.00. The molecule has 3 aliphatic rings. The fourth-order valence-electron chi connectivity index (χ4n) is 6.00. The summed E-state index contributed by atoms with van der Waals surface area (Å²) in [7, 11) is 0. The van der Waals surface area contributed by atoms with Gasteiger partial charge in [-0.1, -0.05) is 55.5 Å². The maximum absolute atomic E-state index is 13.1. The molecule has 1 saturated carbocycles. The molecule has 35 heavy (non-hydrogen) atoms. The third kappa shape index (κ3) is 4.17. The van der Waals surface area contributed by atoms with Crippen LogP contribution in [0.3, 0.4) is 0 Å². The zero-order chi connectivity index (χ0) is 24.7. The first-order chi connectivity index (χ1) is 16.8. The van der Waals surface area contributed by atoms with E-state index in [1.807, 2.05) is 31.2 Å². The third-order valence-corrected chi connectivity index (χ3v) is 8.35. The Morgan fingerprint density at radius 1 is 1.06 bits per heavy atom. The molecule has 5 rings (SSSR count). The molecule has 7 nitrogen and oxygen atoms in total. The fraction of sp³-hybridized carbons (Fsp3) is 0.464. The third-order valence-electron chi connectivity index (χ3n) is 8.35. The predicted octanol–water partition coefficient (Wildman–Crippen LogP) is 4.26. The van der Waals surface area contributed by atoms with Gasteiger partial charge in [-0.05, 0) is 54.4 Å². The summed E-state index contributed by atoms with van der Waals surface area (Å²) in [6, 6.07) is 16.3. The van der Waals surface area contributed by atoms with E-state index in [1.54, 1.807) is 11.8 Å². The first kappa shape index (κ1) is 23.4. The largest absolute Gasteiger partial charge is 0.481 e. The molecule has 2 aromatic carbocycles. The molecule has 1 saturated heterocycles. The van der Waals surface area contributed by atoms with Crippen LogP contribution < -0.4 is 5.32 Å². The van der Waals surface area contributed by atoms with Crippen molar-refractivity contribution in [3.05, 3.63) is 59.7 Å². The van der Waals surface area contributed by atoms with E-state index < -0.39 is 17.5 Å². The highest BCUT2D eigenvalue weighted by Crippen LogP contribution is 2.44. The number of fused-ring (bicyclic) bond motifs is 3. The van der Waals surface area contributed by atoms with E-state index in [0.29, 0.717) is 25.8 Å². The highest BCUT2D eigenvalue weighted by atomic mass is 16.5. The van der Waals surface area contributed by atoms with Gasteiger partial charge in [-0.25, -0.2) is 4.79 Å². The molecule has 2 unspecified atom stereocenters. The number of carbonyl (C=O) groups excluding carboxylic acids is 2. The number of benzene rings is 2. The Morgan fingerprint density at radius 3 is 2.29 bits per heavy atom.